The topological polar surface area (TPSA) is 124 Å². The van der Waals surface area contributed by atoms with Crippen molar-refractivity contribution in [2.75, 3.05) is 35.2 Å². The van der Waals surface area contributed by atoms with Crippen LogP contribution in [-0.4, -0.2) is 66.3 Å². The predicted molar refractivity (Wildman–Crippen MR) is 145 cm³/mol. The second-order valence-electron chi connectivity index (χ2n) is 11.6. The maximum absolute atomic E-state index is 13.2. The maximum Gasteiger partial charge on any atom is 0.333 e. The summed E-state index contributed by atoms with van der Waals surface area (Å²) in [6.07, 6.45) is 7.44. The molecule has 10 nitrogen and oxygen atoms in total. The molecule has 3 aromatic heterocycles. The van der Waals surface area contributed by atoms with Crippen LogP contribution in [0.15, 0.2) is 36.8 Å². The molecule has 1 saturated heterocycles. The molecule has 2 aliphatic rings. The SMILES string of the molecule is CC1(O)CCC(Nc2cc(Nc3ccnc(N4C[C@@H](CO)C(C)(C)C4)n3)ncc2-c2ccn(C(F)F)n2)CC1. The van der Waals surface area contributed by atoms with Gasteiger partial charge in [0, 0.05) is 67.6 Å². The van der Waals surface area contributed by atoms with Gasteiger partial charge < -0.3 is 25.7 Å². The molecule has 1 aliphatic heterocycles. The molecule has 0 amide bonds. The normalized spacial score (nSPS) is 24.8. The third-order valence-corrected chi connectivity index (χ3v) is 7.96. The Labute approximate surface area is 226 Å². The van der Waals surface area contributed by atoms with E-state index in [-0.39, 0.29) is 24.0 Å². The molecule has 1 aliphatic carbocycles. The van der Waals surface area contributed by atoms with Gasteiger partial charge in [0.15, 0.2) is 0 Å². The van der Waals surface area contributed by atoms with E-state index in [2.05, 4.69) is 49.4 Å². The first-order chi connectivity index (χ1) is 18.5. The summed E-state index contributed by atoms with van der Waals surface area (Å²) in [5, 5.41) is 30.9. The largest absolute Gasteiger partial charge is 0.396 e. The summed E-state index contributed by atoms with van der Waals surface area (Å²) < 4.78 is 27.0. The number of halogens is 2. The van der Waals surface area contributed by atoms with Crippen LogP contribution >= 0.6 is 0 Å². The zero-order valence-electron chi connectivity index (χ0n) is 22.5. The number of hydrogen-bond acceptors (Lipinski definition) is 9. The van der Waals surface area contributed by atoms with Gasteiger partial charge in [0.05, 0.1) is 11.3 Å². The highest BCUT2D eigenvalue weighted by Gasteiger charge is 2.39. The summed E-state index contributed by atoms with van der Waals surface area (Å²) in [7, 11) is 0. The highest BCUT2D eigenvalue weighted by molar-refractivity contribution is 5.77. The molecule has 0 bridgehead atoms. The molecule has 12 heteroatoms. The Morgan fingerprint density at radius 3 is 2.56 bits per heavy atom. The Morgan fingerprint density at radius 1 is 1.13 bits per heavy atom. The number of nitrogens with one attached hydrogen (secondary N) is 2. The van der Waals surface area contributed by atoms with E-state index in [0.29, 0.717) is 58.6 Å². The van der Waals surface area contributed by atoms with Crippen LogP contribution in [0.5, 0.6) is 0 Å². The number of aliphatic hydroxyl groups is 2. The van der Waals surface area contributed by atoms with Crippen LogP contribution < -0.4 is 15.5 Å². The molecule has 0 spiro atoms. The van der Waals surface area contributed by atoms with Crippen LogP contribution in [0.3, 0.4) is 0 Å². The minimum Gasteiger partial charge on any atom is -0.396 e. The first-order valence-corrected chi connectivity index (χ1v) is 13.3. The zero-order valence-corrected chi connectivity index (χ0v) is 22.5. The van der Waals surface area contributed by atoms with Crippen molar-refractivity contribution in [2.45, 2.75) is 64.6 Å². The van der Waals surface area contributed by atoms with Crippen LogP contribution in [0.1, 0.15) is 53.0 Å². The lowest BCUT2D eigenvalue weighted by atomic mass is 9.83. The lowest BCUT2D eigenvalue weighted by Crippen LogP contribution is -2.35. The zero-order chi connectivity index (χ0) is 27.8. The fourth-order valence-corrected chi connectivity index (χ4v) is 5.40. The molecule has 2 fully saturated rings. The van der Waals surface area contributed by atoms with E-state index in [0.717, 1.165) is 19.4 Å². The van der Waals surface area contributed by atoms with Crippen LogP contribution in [0.25, 0.3) is 11.3 Å². The third-order valence-electron chi connectivity index (χ3n) is 7.96. The van der Waals surface area contributed by atoms with Gasteiger partial charge in [-0.15, -0.1) is 0 Å². The molecule has 1 saturated carbocycles. The van der Waals surface area contributed by atoms with Gasteiger partial charge in [-0.2, -0.15) is 18.9 Å². The standard InChI is InChI=1S/C27H36F2N8O2/c1-26(2)16-36(14-17(26)15-38)25-30-10-6-22(34-25)33-23-12-21(32-18-4-8-27(3,39)9-5-18)19(13-31-23)20-7-11-37(35-20)24(28)29/h6-7,10-13,17-18,24,38-39H,4-5,8-9,14-16H2,1-3H3,(H2,30,31,32,33,34)/t17-,18?,27?/m0/s1. The first-order valence-electron chi connectivity index (χ1n) is 13.3. The van der Waals surface area contributed by atoms with Crippen molar-refractivity contribution >= 4 is 23.3 Å². The Kier molecular flexibility index (Phi) is 7.43. The minimum absolute atomic E-state index is 0.0522. The fraction of sp³-hybridized carbons (Fsp3) is 0.556. The molecule has 0 unspecified atom stereocenters. The van der Waals surface area contributed by atoms with Gasteiger partial charge in [-0.05, 0) is 50.2 Å². The van der Waals surface area contributed by atoms with E-state index in [1.807, 2.05) is 13.0 Å². The Morgan fingerprint density at radius 2 is 1.90 bits per heavy atom. The fourth-order valence-electron chi connectivity index (χ4n) is 5.40. The van der Waals surface area contributed by atoms with Gasteiger partial charge in [0.1, 0.15) is 11.6 Å². The molecule has 210 valence electrons. The Hall–Kier alpha value is -3.38. The molecule has 0 aromatic carbocycles. The van der Waals surface area contributed by atoms with Gasteiger partial charge in [0.2, 0.25) is 5.95 Å². The van der Waals surface area contributed by atoms with Gasteiger partial charge in [-0.1, -0.05) is 13.8 Å². The van der Waals surface area contributed by atoms with Crippen LogP contribution in [0.4, 0.5) is 32.1 Å². The van der Waals surface area contributed by atoms with Crippen LogP contribution in [0.2, 0.25) is 0 Å². The second-order valence-corrected chi connectivity index (χ2v) is 11.6. The minimum atomic E-state index is -2.73. The number of hydrogen-bond donors (Lipinski definition) is 4. The lowest BCUT2D eigenvalue weighted by molar-refractivity contribution is 0.0196. The number of alkyl halides is 2. The summed E-state index contributed by atoms with van der Waals surface area (Å²) in [6.45, 7) is 4.91. The van der Waals surface area contributed by atoms with Gasteiger partial charge in [-0.3, -0.25) is 0 Å². The number of aromatic nitrogens is 5. The molecular formula is C27H36F2N8O2. The molecule has 4 heterocycles. The quantitative estimate of drug-likeness (QED) is 0.327. The van der Waals surface area contributed by atoms with Gasteiger partial charge in [0.25, 0.3) is 0 Å². The Bertz CT molecular complexity index is 1290. The third kappa shape index (κ3) is 6.11. The van der Waals surface area contributed by atoms with Crippen LogP contribution in [0, 0.1) is 11.3 Å². The van der Waals surface area contributed by atoms with Crippen molar-refractivity contribution in [3.05, 3.63) is 36.8 Å². The molecule has 3 aromatic rings. The van der Waals surface area contributed by atoms with Crippen molar-refractivity contribution in [2.24, 2.45) is 11.3 Å². The van der Waals surface area contributed by atoms with Crippen molar-refractivity contribution in [1.82, 2.24) is 24.7 Å². The van der Waals surface area contributed by atoms with Crippen molar-refractivity contribution in [3.8, 4) is 11.3 Å². The van der Waals surface area contributed by atoms with E-state index in [1.54, 1.807) is 24.5 Å². The second kappa shape index (κ2) is 10.6. The lowest BCUT2D eigenvalue weighted by Gasteiger charge is -2.34. The summed E-state index contributed by atoms with van der Waals surface area (Å²) in [5.41, 5.74) is 0.978. The number of rotatable bonds is 8. The summed E-state index contributed by atoms with van der Waals surface area (Å²) in [5.74, 6) is 1.80. The number of pyridine rings is 1. The van der Waals surface area contributed by atoms with Gasteiger partial charge >= 0.3 is 6.55 Å². The van der Waals surface area contributed by atoms with Crippen LogP contribution in [-0.2, 0) is 0 Å². The van der Waals surface area contributed by atoms with Gasteiger partial charge in [-0.25, -0.2) is 14.6 Å². The van der Waals surface area contributed by atoms with E-state index < -0.39 is 12.2 Å². The molecule has 0 radical (unpaired) electrons. The first kappa shape index (κ1) is 27.2. The molecule has 39 heavy (non-hydrogen) atoms. The predicted octanol–water partition coefficient (Wildman–Crippen LogP) is 4.43. The van der Waals surface area contributed by atoms with E-state index >= 15 is 0 Å². The maximum atomic E-state index is 13.2. The number of anilines is 4. The highest BCUT2D eigenvalue weighted by Crippen LogP contribution is 2.37. The Balaban J connectivity index is 1.39. The summed E-state index contributed by atoms with van der Waals surface area (Å²) >= 11 is 0. The van der Waals surface area contributed by atoms with Crippen molar-refractivity contribution in [1.29, 1.82) is 0 Å². The molecule has 4 N–H and O–H groups in total. The van der Waals surface area contributed by atoms with Crippen molar-refractivity contribution < 1.29 is 19.0 Å². The summed E-state index contributed by atoms with van der Waals surface area (Å²) in [6, 6.07) is 5.23. The molecular weight excluding hydrogens is 506 g/mol. The summed E-state index contributed by atoms with van der Waals surface area (Å²) in [4.78, 5) is 15.7. The van der Waals surface area contributed by atoms with E-state index in [9.17, 15) is 19.0 Å². The molecule has 1 atom stereocenters. The smallest absolute Gasteiger partial charge is 0.333 e. The highest BCUT2D eigenvalue weighted by atomic mass is 19.3. The van der Waals surface area contributed by atoms with E-state index in [1.165, 1.54) is 6.20 Å². The average molecular weight is 543 g/mol. The average Bonchev–Trinajstić information content (AvgIpc) is 3.50. The van der Waals surface area contributed by atoms with E-state index in [4.69, 9.17) is 0 Å². The number of nitrogens with zero attached hydrogens (tertiary/aromatic N) is 6. The molecule has 5 rings (SSSR count). The van der Waals surface area contributed by atoms with Crippen molar-refractivity contribution in [3.63, 3.8) is 0 Å². The number of aliphatic hydroxyl groups excluding tert-OH is 1. The monoisotopic (exact) mass is 542 g/mol.